The number of benzene rings is 2. The molecule has 1 heterocycles. The summed E-state index contributed by atoms with van der Waals surface area (Å²) in [4.78, 5) is 4.43. The summed E-state index contributed by atoms with van der Waals surface area (Å²) in [6, 6.07) is 13.5. The van der Waals surface area contributed by atoms with Gasteiger partial charge in [-0.25, -0.2) is 4.98 Å². The number of nitrogens with one attached hydrogen (secondary N) is 1. The molecule has 0 unspecified atom stereocenters. The molecule has 0 aliphatic rings. The molecular formula is C19H21N3O3. The lowest BCUT2D eigenvalue weighted by atomic mass is 10.1. The molecule has 3 N–H and O–H groups in total. The molecule has 0 bridgehead atoms. The fourth-order valence-corrected chi connectivity index (χ4v) is 2.66. The summed E-state index contributed by atoms with van der Waals surface area (Å²) in [6.45, 7) is 0.615. The van der Waals surface area contributed by atoms with Gasteiger partial charge in [-0.3, -0.25) is 0 Å². The minimum absolute atomic E-state index is 0.442. The normalized spacial score (nSPS) is 10.5. The molecule has 130 valence electrons. The van der Waals surface area contributed by atoms with Crippen LogP contribution in [0.1, 0.15) is 5.56 Å². The highest BCUT2D eigenvalue weighted by atomic mass is 16.5. The number of aromatic nitrogens is 1. The fourth-order valence-electron chi connectivity index (χ4n) is 2.66. The van der Waals surface area contributed by atoms with E-state index < -0.39 is 0 Å². The van der Waals surface area contributed by atoms with Crippen LogP contribution in [0.3, 0.4) is 0 Å². The van der Waals surface area contributed by atoms with Gasteiger partial charge in [-0.1, -0.05) is 12.1 Å². The van der Waals surface area contributed by atoms with Crippen LogP contribution >= 0.6 is 0 Å². The van der Waals surface area contributed by atoms with Gasteiger partial charge in [0.2, 0.25) is 0 Å². The number of nitrogens with zero attached hydrogens (tertiary/aromatic N) is 1. The lowest BCUT2D eigenvalue weighted by Gasteiger charge is -2.14. The Kier molecular flexibility index (Phi) is 4.79. The van der Waals surface area contributed by atoms with Crippen molar-refractivity contribution in [2.75, 3.05) is 32.4 Å². The third-order valence-electron chi connectivity index (χ3n) is 3.97. The Morgan fingerprint density at radius 1 is 0.920 bits per heavy atom. The molecule has 25 heavy (non-hydrogen) atoms. The van der Waals surface area contributed by atoms with Crippen LogP contribution in [-0.4, -0.2) is 26.3 Å². The Hall–Kier alpha value is -3.15. The zero-order valence-corrected chi connectivity index (χ0v) is 14.5. The molecule has 0 saturated carbocycles. The SMILES string of the molecule is COc1ccc(CNc2nc(N)cc3cc(OC)c(OC)cc23)cc1. The highest BCUT2D eigenvalue weighted by molar-refractivity contribution is 5.96. The molecule has 0 aliphatic carbocycles. The van der Waals surface area contributed by atoms with Crippen molar-refractivity contribution in [1.29, 1.82) is 0 Å². The maximum absolute atomic E-state index is 5.95. The highest BCUT2D eigenvalue weighted by Crippen LogP contribution is 2.35. The average Bonchev–Trinajstić information content (AvgIpc) is 2.65. The van der Waals surface area contributed by atoms with Crippen molar-refractivity contribution in [2.45, 2.75) is 6.54 Å². The van der Waals surface area contributed by atoms with Gasteiger partial charge in [0, 0.05) is 11.9 Å². The van der Waals surface area contributed by atoms with E-state index in [0.29, 0.717) is 29.7 Å². The van der Waals surface area contributed by atoms with Crippen LogP contribution in [0.15, 0.2) is 42.5 Å². The van der Waals surface area contributed by atoms with Crippen molar-refractivity contribution in [3.8, 4) is 17.2 Å². The van der Waals surface area contributed by atoms with Crippen LogP contribution in [0, 0.1) is 0 Å². The molecule has 3 rings (SSSR count). The molecule has 0 radical (unpaired) electrons. The maximum Gasteiger partial charge on any atom is 0.161 e. The molecule has 0 amide bonds. The van der Waals surface area contributed by atoms with E-state index in [1.165, 1.54) is 0 Å². The number of methoxy groups -OCH3 is 3. The number of pyridine rings is 1. The average molecular weight is 339 g/mol. The third-order valence-corrected chi connectivity index (χ3v) is 3.97. The van der Waals surface area contributed by atoms with Crippen molar-refractivity contribution in [2.24, 2.45) is 0 Å². The molecule has 0 saturated heterocycles. The van der Waals surface area contributed by atoms with E-state index >= 15 is 0 Å². The summed E-state index contributed by atoms with van der Waals surface area (Å²) in [6.07, 6.45) is 0. The number of nitrogen functional groups attached to an aromatic ring is 1. The van der Waals surface area contributed by atoms with Gasteiger partial charge in [0.05, 0.1) is 21.3 Å². The lowest BCUT2D eigenvalue weighted by molar-refractivity contribution is 0.356. The molecule has 1 aromatic heterocycles. The first-order chi connectivity index (χ1) is 12.1. The molecule has 2 aromatic carbocycles. The van der Waals surface area contributed by atoms with Gasteiger partial charge in [0.15, 0.2) is 11.5 Å². The molecule has 0 spiro atoms. The summed E-state index contributed by atoms with van der Waals surface area (Å²) >= 11 is 0. The molecule has 0 atom stereocenters. The first kappa shape index (κ1) is 16.7. The van der Waals surface area contributed by atoms with Crippen LogP contribution in [0.25, 0.3) is 10.8 Å². The predicted molar refractivity (Wildman–Crippen MR) is 99.6 cm³/mol. The van der Waals surface area contributed by atoms with Crippen LogP contribution < -0.4 is 25.3 Å². The van der Waals surface area contributed by atoms with Gasteiger partial charge < -0.3 is 25.3 Å². The Morgan fingerprint density at radius 2 is 1.60 bits per heavy atom. The maximum atomic E-state index is 5.95. The first-order valence-electron chi connectivity index (χ1n) is 7.83. The summed E-state index contributed by atoms with van der Waals surface area (Å²) in [7, 11) is 4.87. The number of ether oxygens (including phenoxy) is 3. The second-order valence-corrected chi connectivity index (χ2v) is 5.53. The van der Waals surface area contributed by atoms with E-state index in [-0.39, 0.29) is 0 Å². The van der Waals surface area contributed by atoms with Crippen molar-refractivity contribution in [3.63, 3.8) is 0 Å². The summed E-state index contributed by atoms with van der Waals surface area (Å²) in [5.74, 6) is 3.27. The topological polar surface area (TPSA) is 78.6 Å². The Balaban J connectivity index is 1.93. The Labute approximate surface area is 146 Å². The highest BCUT2D eigenvalue weighted by Gasteiger charge is 2.11. The van der Waals surface area contributed by atoms with Crippen LogP contribution in [0.2, 0.25) is 0 Å². The van der Waals surface area contributed by atoms with Crippen molar-refractivity contribution in [3.05, 3.63) is 48.0 Å². The number of nitrogens with two attached hydrogens (primary N) is 1. The van der Waals surface area contributed by atoms with E-state index in [0.717, 1.165) is 22.1 Å². The number of fused-ring (bicyclic) bond motifs is 1. The zero-order chi connectivity index (χ0) is 17.8. The summed E-state index contributed by atoms with van der Waals surface area (Å²) in [5, 5.41) is 5.19. The monoisotopic (exact) mass is 339 g/mol. The molecule has 6 heteroatoms. The number of rotatable bonds is 6. The quantitative estimate of drug-likeness (QED) is 0.716. The van der Waals surface area contributed by atoms with E-state index in [1.54, 1.807) is 21.3 Å². The lowest BCUT2D eigenvalue weighted by Crippen LogP contribution is -2.04. The van der Waals surface area contributed by atoms with Crippen molar-refractivity contribution >= 4 is 22.4 Å². The van der Waals surface area contributed by atoms with E-state index in [2.05, 4.69) is 10.3 Å². The van der Waals surface area contributed by atoms with Crippen LogP contribution in [0.5, 0.6) is 17.2 Å². The van der Waals surface area contributed by atoms with Crippen LogP contribution in [-0.2, 0) is 6.54 Å². The number of hydrogen-bond donors (Lipinski definition) is 2. The third kappa shape index (κ3) is 3.52. The molecule has 0 fully saturated rings. The summed E-state index contributed by atoms with van der Waals surface area (Å²) < 4.78 is 15.9. The van der Waals surface area contributed by atoms with Crippen molar-refractivity contribution in [1.82, 2.24) is 4.98 Å². The molecule has 0 aliphatic heterocycles. The van der Waals surface area contributed by atoms with Crippen molar-refractivity contribution < 1.29 is 14.2 Å². The van der Waals surface area contributed by atoms with Crippen LogP contribution in [0.4, 0.5) is 11.6 Å². The second kappa shape index (κ2) is 7.17. The largest absolute Gasteiger partial charge is 0.497 e. The zero-order valence-electron chi connectivity index (χ0n) is 14.5. The standard InChI is InChI=1S/C19H21N3O3/c1-23-14-6-4-12(5-7-14)11-21-19-15-10-17(25-3)16(24-2)8-13(15)9-18(20)22-19/h4-10H,11H2,1-3H3,(H3,20,21,22). The smallest absolute Gasteiger partial charge is 0.161 e. The number of anilines is 2. The number of hydrogen-bond acceptors (Lipinski definition) is 6. The molecule has 3 aromatic rings. The summed E-state index contributed by atoms with van der Waals surface area (Å²) in [5.41, 5.74) is 7.06. The second-order valence-electron chi connectivity index (χ2n) is 5.53. The van der Waals surface area contributed by atoms with E-state index in [1.807, 2.05) is 42.5 Å². The Morgan fingerprint density at radius 3 is 2.24 bits per heavy atom. The molecular weight excluding hydrogens is 318 g/mol. The van der Waals surface area contributed by atoms with E-state index in [9.17, 15) is 0 Å². The van der Waals surface area contributed by atoms with Gasteiger partial charge in [0.25, 0.3) is 0 Å². The molecule has 6 nitrogen and oxygen atoms in total. The Bertz CT molecular complexity index is 879. The predicted octanol–water partition coefficient (Wildman–Crippen LogP) is 3.45. The first-order valence-corrected chi connectivity index (χ1v) is 7.83. The van der Waals surface area contributed by atoms with Gasteiger partial charge in [0.1, 0.15) is 17.4 Å². The fraction of sp³-hybridized carbons (Fsp3) is 0.211. The van der Waals surface area contributed by atoms with E-state index in [4.69, 9.17) is 19.9 Å². The van der Waals surface area contributed by atoms with Gasteiger partial charge >= 0.3 is 0 Å². The van der Waals surface area contributed by atoms with Gasteiger partial charge in [-0.05, 0) is 41.3 Å². The minimum atomic E-state index is 0.442. The van der Waals surface area contributed by atoms with Gasteiger partial charge in [-0.15, -0.1) is 0 Å². The minimum Gasteiger partial charge on any atom is -0.497 e. The van der Waals surface area contributed by atoms with Gasteiger partial charge in [-0.2, -0.15) is 0 Å².